The first kappa shape index (κ1) is 34.6. The quantitative estimate of drug-likeness (QED) is 0.102. The molecule has 0 unspecified atom stereocenters. The van der Waals surface area contributed by atoms with Crippen molar-refractivity contribution in [1.29, 1.82) is 0 Å². The number of hydrogen-bond donors (Lipinski definition) is 0. The molecule has 54 heavy (non-hydrogen) atoms. The number of allylic oxidation sites excluding steroid dienone is 2. The van der Waals surface area contributed by atoms with Crippen LogP contribution in [0.3, 0.4) is 0 Å². The Bertz CT molecular complexity index is 2320. The average Bonchev–Trinajstić information content (AvgIpc) is 3.70. The van der Waals surface area contributed by atoms with Gasteiger partial charge in [-0.25, -0.2) is 0 Å². The van der Waals surface area contributed by atoms with E-state index in [-0.39, 0.29) is 0 Å². The van der Waals surface area contributed by atoms with Gasteiger partial charge in [0, 0.05) is 17.1 Å². The molecule has 1 aliphatic carbocycles. The number of benzene rings is 7. The highest BCUT2D eigenvalue weighted by atomic mass is 15.1. The number of anilines is 3. The minimum Gasteiger partial charge on any atom is -0.310 e. The predicted octanol–water partition coefficient (Wildman–Crippen LogP) is 14.0. The van der Waals surface area contributed by atoms with Crippen LogP contribution in [0.5, 0.6) is 0 Å². The summed E-state index contributed by atoms with van der Waals surface area (Å²) in [5.41, 5.74) is 18.5. The summed E-state index contributed by atoms with van der Waals surface area (Å²) in [6, 6.07) is 63.8. The van der Waals surface area contributed by atoms with Crippen LogP contribution in [0.1, 0.15) is 62.1 Å². The number of rotatable bonds is 10. The van der Waals surface area contributed by atoms with Crippen molar-refractivity contribution in [2.75, 3.05) is 4.90 Å². The first-order valence-electron chi connectivity index (χ1n) is 19.0. The molecule has 0 aromatic heterocycles. The highest BCUT2D eigenvalue weighted by Crippen LogP contribution is 2.38. The van der Waals surface area contributed by atoms with Crippen LogP contribution in [0.25, 0.3) is 23.3 Å². The Morgan fingerprint density at radius 1 is 0.444 bits per heavy atom. The van der Waals surface area contributed by atoms with Crippen molar-refractivity contribution in [2.45, 2.75) is 33.1 Å². The van der Waals surface area contributed by atoms with Crippen molar-refractivity contribution >= 4 is 40.4 Å². The monoisotopic (exact) mass is 695 g/mol. The largest absolute Gasteiger partial charge is 0.310 e. The SMILES string of the molecule is Cc1ccc(C(=Cc2ccc(N(c3ccc(C=CC=C(c4ccccc4)c4ccccc4)cc3)c3ccc4c(c3)CCC4)cc2)c2ccc(C)cc2)cc1. The molecule has 0 N–H and O–H groups in total. The van der Waals surface area contributed by atoms with E-state index >= 15 is 0 Å². The Balaban J connectivity index is 1.11. The summed E-state index contributed by atoms with van der Waals surface area (Å²) < 4.78 is 0. The highest BCUT2D eigenvalue weighted by Gasteiger charge is 2.17. The zero-order chi connectivity index (χ0) is 36.7. The lowest BCUT2D eigenvalue weighted by Gasteiger charge is -2.26. The second-order valence-electron chi connectivity index (χ2n) is 14.3. The third kappa shape index (κ3) is 7.97. The van der Waals surface area contributed by atoms with Gasteiger partial charge in [0.2, 0.25) is 0 Å². The molecule has 0 saturated heterocycles. The summed E-state index contributed by atoms with van der Waals surface area (Å²) in [4.78, 5) is 2.39. The Morgan fingerprint density at radius 3 is 1.48 bits per heavy atom. The van der Waals surface area contributed by atoms with Crippen LogP contribution < -0.4 is 4.90 Å². The lowest BCUT2D eigenvalue weighted by Crippen LogP contribution is -2.10. The van der Waals surface area contributed by atoms with Gasteiger partial charge in [-0.2, -0.15) is 0 Å². The van der Waals surface area contributed by atoms with E-state index in [9.17, 15) is 0 Å². The van der Waals surface area contributed by atoms with Crippen molar-refractivity contribution in [2.24, 2.45) is 0 Å². The van der Waals surface area contributed by atoms with E-state index in [0.29, 0.717) is 0 Å². The van der Waals surface area contributed by atoms with E-state index < -0.39 is 0 Å². The Labute approximate surface area is 320 Å². The minimum atomic E-state index is 1.14. The van der Waals surface area contributed by atoms with Crippen molar-refractivity contribution in [3.8, 4) is 0 Å². The number of aryl methyl sites for hydroxylation is 4. The molecular weight excluding hydrogens is 651 g/mol. The molecule has 1 aliphatic rings. The molecule has 0 amide bonds. The van der Waals surface area contributed by atoms with Crippen molar-refractivity contribution < 1.29 is 0 Å². The van der Waals surface area contributed by atoms with Crippen LogP contribution in [-0.2, 0) is 12.8 Å². The molecule has 0 saturated carbocycles. The Morgan fingerprint density at radius 2 is 0.926 bits per heavy atom. The van der Waals surface area contributed by atoms with Gasteiger partial charge in [-0.15, -0.1) is 0 Å². The van der Waals surface area contributed by atoms with E-state index in [1.165, 1.54) is 79.7 Å². The molecule has 7 aromatic carbocycles. The van der Waals surface area contributed by atoms with Crippen LogP contribution in [0.2, 0.25) is 0 Å². The van der Waals surface area contributed by atoms with Crippen LogP contribution in [0.15, 0.2) is 188 Å². The normalized spacial score (nSPS) is 12.0. The molecule has 1 nitrogen and oxygen atoms in total. The van der Waals surface area contributed by atoms with Gasteiger partial charge in [0.1, 0.15) is 0 Å². The molecule has 0 radical (unpaired) electrons. The van der Waals surface area contributed by atoms with Gasteiger partial charge in [-0.05, 0) is 131 Å². The second kappa shape index (κ2) is 16.1. The molecule has 0 bridgehead atoms. The fourth-order valence-electron chi connectivity index (χ4n) is 7.41. The number of fused-ring (bicyclic) bond motifs is 1. The molecule has 0 fully saturated rings. The summed E-state index contributed by atoms with van der Waals surface area (Å²) in [7, 11) is 0. The third-order valence-corrected chi connectivity index (χ3v) is 10.4. The Kier molecular flexibility index (Phi) is 10.3. The maximum absolute atomic E-state index is 2.40. The first-order chi connectivity index (χ1) is 26.6. The molecule has 0 spiro atoms. The summed E-state index contributed by atoms with van der Waals surface area (Å²) in [6.45, 7) is 4.28. The highest BCUT2D eigenvalue weighted by molar-refractivity contribution is 5.92. The van der Waals surface area contributed by atoms with Crippen LogP contribution >= 0.6 is 0 Å². The van der Waals surface area contributed by atoms with Crippen LogP contribution in [0, 0.1) is 13.8 Å². The summed E-state index contributed by atoms with van der Waals surface area (Å²) in [5, 5.41) is 0. The van der Waals surface area contributed by atoms with Gasteiger partial charge in [0.05, 0.1) is 0 Å². The van der Waals surface area contributed by atoms with E-state index in [1.807, 2.05) is 0 Å². The number of hydrogen-bond acceptors (Lipinski definition) is 1. The zero-order valence-corrected chi connectivity index (χ0v) is 31.1. The summed E-state index contributed by atoms with van der Waals surface area (Å²) in [6.07, 6.45) is 12.4. The van der Waals surface area contributed by atoms with E-state index in [0.717, 1.165) is 23.4 Å². The molecule has 7 aromatic rings. The topological polar surface area (TPSA) is 3.24 Å². The lowest BCUT2D eigenvalue weighted by molar-refractivity contribution is 0.912. The minimum absolute atomic E-state index is 1.14. The van der Waals surface area contributed by atoms with Gasteiger partial charge in [-0.3, -0.25) is 0 Å². The first-order valence-corrected chi connectivity index (χ1v) is 19.0. The van der Waals surface area contributed by atoms with Gasteiger partial charge in [0.25, 0.3) is 0 Å². The van der Waals surface area contributed by atoms with Crippen LogP contribution in [0.4, 0.5) is 17.1 Å². The molecule has 0 atom stereocenters. The molecular formula is C53H45N. The van der Waals surface area contributed by atoms with E-state index in [4.69, 9.17) is 0 Å². The molecule has 0 heterocycles. The van der Waals surface area contributed by atoms with E-state index in [1.54, 1.807) is 0 Å². The zero-order valence-electron chi connectivity index (χ0n) is 31.1. The van der Waals surface area contributed by atoms with E-state index in [2.05, 4.69) is 219 Å². The second-order valence-corrected chi connectivity index (χ2v) is 14.3. The van der Waals surface area contributed by atoms with Gasteiger partial charge < -0.3 is 4.90 Å². The van der Waals surface area contributed by atoms with Gasteiger partial charge >= 0.3 is 0 Å². The Hall–Kier alpha value is -6.44. The molecule has 8 rings (SSSR count). The summed E-state index contributed by atoms with van der Waals surface area (Å²) in [5.74, 6) is 0. The number of nitrogens with zero attached hydrogens (tertiary/aromatic N) is 1. The maximum atomic E-state index is 2.40. The van der Waals surface area contributed by atoms with Crippen molar-refractivity contribution in [1.82, 2.24) is 0 Å². The van der Waals surface area contributed by atoms with Gasteiger partial charge in [0.15, 0.2) is 0 Å². The van der Waals surface area contributed by atoms with Crippen molar-refractivity contribution in [3.05, 3.63) is 244 Å². The maximum Gasteiger partial charge on any atom is 0.0464 e. The average molecular weight is 696 g/mol. The molecule has 1 heteroatoms. The fourth-order valence-corrected chi connectivity index (χ4v) is 7.41. The predicted molar refractivity (Wildman–Crippen MR) is 231 cm³/mol. The smallest absolute Gasteiger partial charge is 0.0464 e. The fraction of sp³-hybridized carbons (Fsp3) is 0.0943. The van der Waals surface area contributed by atoms with Crippen molar-refractivity contribution in [3.63, 3.8) is 0 Å². The van der Waals surface area contributed by atoms with Crippen LogP contribution in [-0.4, -0.2) is 0 Å². The van der Waals surface area contributed by atoms with Gasteiger partial charge in [-0.1, -0.05) is 169 Å². The summed E-state index contributed by atoms with van der Waals surface area (Å²) >= 11 is 0. The molecule has 0 aliphatic heterocycles. The molecule has 262 valence electrons. The third-order valence-electron chi connectivity index (χ3n) is 10.4. The standard InChI is InChI=1S/C53H45N/c1-39-19-27-46(28-20-39)53(47-29-21-40(2)22-30-47)37-42-25-34-50(35-26-42)54(51-36-31-43-16-10-17-48(43)38-51)49-32-23-41(24-33-49)11-9-18-52(44-12-5-3-6-13-44)45-14-7-4-8-15-45/h3-9,11-15,18-38H,10,16-17H2,1-2H3. The lowest BCUT2D eigenvalue weighted by atomic mass is 9.94.